The third-order valence-electron chi connectivity index (χ3n) is 3.06. The molecule has 0 spiro atoms. The lowest BCUT2D eigenvalue weighted by Crippen LogP contribution is -2.22. The largest absolute Gasteiger partial charge is 0.493 e. The molecule has 1 saturated carbocycles. The van der Waals surface area contributed by atoms with E-state index >= 15 is 0 Å². The van der Waals surface area contributed by atoms with Gasteiger partial charge in [0, 0.05) is 10.6 Å². The Morgan fingerprint density at radius 3 is 2.79 bits per heavy atom. The highest BCUT2D eigenvalue weighted by Gasteiger charge is 2.28. The van der Waals surface area contributed by atoms with Crippen LogP contribution in [-0.4, -0.2) is 24.8 Å². The molecule has 1 aromatic rings. The molecule has 2 rings (SSSR count). The van der Waals surface area contributed by atoms with Crippen LogP contribution in [-0.2, 0) is 4.79 Å². The quantitative estimate of drug-likeness (QED) is 0.837. The van der Waals surface area contributed by atoms with E-state index in [1.165, 1.54) is 7.11 Å². The Morgan fingerprint density at radius 1 is 1.58 bits per heavy atom. The Morgan fingerprint density at radius 2 is 2.26 bits per heavy atom. The fraction of sp³-hybridized carbons (Fsp3) is 0.462. The van der Waals surface area contributed by atoms with Crippen LogP contribution in [0.15, 0.2) is 12.1 Å². The summed E-state index contributed by atoms with van der Waals surface area (Å²) in [5.74, 6) is 0.137. The van der Waals surface area contributed by atoms with Gasteiger partial charge in [0.05, 0.1) is 13.7 Å². The number of carboxylic acids is 1. The fourth-order valence-corrected chi connectivity index (χ4v) is 2.03. The second kappa shape index (κ2) is 5.67. The number of carboxylic acid groups (broad SMARTS) is 1. The molecule has 1 fully saturated rings. The SMILES string of the molecule is COc1ccc(Cl)c(C(N)C(=O)O)c1OCC1CC1. The average Bonchev–Trinajstić information content (AvgIpc) is 3.19. The topological polar surface area (TPSA) is 81.8 Å². The van der Waals surface area contributed by atoms with Gasteiger partial charge in [-0.15, -0.1) is 0 Å². The number of hydrogen-bond acceptors (Lipinski definition) is 4. The number of rotatable bonds is 6. The van der Waals surface area contributed by atoms with E-state index in [1.807, 2.05) is 0 Å². The Hall–Kier alpha value is -1.46. The summed E-state index contributed by atoms with van der Waals surface area (Å²) < 4.78 is 10.9. The van der Waals surface area contributed by atoms with Crippen molar-refractivity contribution >= 4 is 17.6 Å². The van der Waals surface area contributed by atoms with Crippen LogP contribution in [0.5, 0.6) is 11.5 Å². The normalized spacial score (nSPS) is 15.9. The Labute approximate surface area is 116 Å². The first-order valence-electron chi connectivity index (χ1n) is 6.02. The fourth-order valence-electron chi connectivity index (χ4n) is 1.76. The molecule has 1 aliphatic carbocycles. The van der Waals surface area contributed by atoms with Crippen LogP contribution >= 0.6 is 11.6 Å². The first kappa shape index (κ1) is 14.0. The molecule has 6 heteroatoms. The molecule has 104 valence electrons. The maximum atomic E-state index is 11.1. The van der Waals surface area contributed by atoms with Crippen LogP contribution in [0.1, 0.15) is 24.4 Å². The molecule has 1 atom stereocenters. The first-order valence-corrected chi connectivity index (χ1v) is 6.40. The van der Waals surface area contributed by atoms with Gasteiger partial charge in [0.25, 0.3) is 0 Å². The van der Waals surface area contributed by atoms with Gasteiger partial charge < -0.3 is 20.3 Å². The molecule has 0 heterocycles. The van der Waals surface area contributed by atoms with Crippen molar-refractivity contribution in [1.82, 2.24) is 0 Å². The van der Waals surface area contributed by atoms with E-state index < -0.39 is 12.0 Å². The third kappa shape index (κ3) is 3.11. The van der Waals surface area contributed by atoms with Crippen molar-refractivity contribution in [1.29, 1.82) is 0 Å². The van der Waals surface area contributed by atoms with Gasteiger partial charge >= 0.3 is 5.97 Å². The smallest absolute Gasteiger partial charge is 0.325 e. The predicted molar refractivity (Wildman–Crippen MR) is 70.8 cm³/mol. The van der Waals surface area contributed by atoms with Crippen molar-refractivity contribution in [2.75, 3.05) is 13.7 Å². The lowest BCUT2D eigenvalue weighted by molar-refractivity contribution is -0.138. The number of carbonyl (C=O) groups is 1. The van der Waals surface area contributed by atoms with Gasteiger partial charge in [0.1, 0.15) is 6.04 Å². The van der Waals surface area contributed by atoms with Crippen molar-refractivity contribution in [3.8, 4) is 11.5 Å². The van der Waals surface area contributed by atoms with Crippen molar-refractivity contribution in [2.24, 2.45) is 11.7 Å². The molecule has 0 aromatic heterocycles. The zero-order valence-corrected chi connectivity index (χ0v) is 11.3. The summed E-state index contributed by atoms with van der Waals surface area (Å²) in [6.07, 6.45) is 2.26. The highest BCUT2D eigenvalue weighted by atomic mass is 35.5. The number of benzene rings is 1. The van der Waals surface area contributed by atoms with Crippen LogP contribution < -0.4 is 15.2 Å². The zero-order chi connectivity index (χ0) is 14.0. The average molecular weight is 286 g/mol. The van der Waals surface area contributed by atoms with Crippen LogP contribution in [0.25, 0.3) is 0 Å². The highest BCUT2D eigenvalue weighted by molar-refractivity contribution is 6.32. The Bertz CT molecular complexity index is 488. The molecule has 0 bridgehead atoms. The van der Waals surface area contributed by atoms with Gasteiger partial charge in [0.2, 0.25) is 0 Å². The number of hydrogen-bond donors (Lipinski definition) is 2. The van der Waals surface area contributed by atoms with E-state index in [0.717, 1.165) is 12.8 Å². The summed E-state index contributed by atoms with van der Waals surface area (Å²) >= 11 is 6.05. The number of halogens is 1. The minimum Gasteiger partial charge on any atom is -0.493 e. The van der Waals surface area contributed by atoms with Gasteiger partial charge in [-0.1, -0.05) is 11.6 Å². The number of nitrogens with two attached hydrogens (primary N) is 1. The van der Waals surface area contributed by atoms with Crippen molar-refractivity contribution < 1.29 is 19.4 Å². The van der Waals surface area contributed by atoms with Crippen LogP contribution in [0, 0.1) is 5.92 Å². The monoisotopic (exact) mass is 285 g/mol. The third-order valence-corrected chi connectivity index (χ3v) is 3.39. The summed E-state index contributed by atoms with van der Waals surface area (Å²) in [4.78, 5) is 11.1. The van der Waals surface area contributed by atoms with E-state index in [0.29, 0.717) is 24.0 Å². The molecule has 0 saturated heterocycles. The summed E-state index contributed by atoms with van der Waals surface area (Å²) in [6.45, 7) is 0.524. The van der Waals surface area contributed by atoms with Gasteiger partial charge in [-0.2, -0.15) is 0 Å². The lowest BCUT2D eigenvalue weighted by atomic mass is 10.1. The Balaban J connectivity index is 2.37. The van der Waals surface area contributed by atoms with Gasteiger partial charge in [-0.25, -0.2) is 0 Å². The first-order chi connectivity index (χ1) is 9.04. The van der Waals surface area contributed by atoms with Crippen LogP contribution in [0.2, 0.25) is 5.02 Å². The molecule has 1 unspecified atom stereocenters. The van der Waals surface area contributed by atoms with Crippen molar-refractivity contribution in [3.05, 3.63) is 22.7 Å². The maximum Gasteiger partial charge on any atom is 0.325 e. The summed E-state index contributed by atoms with van der Waals surface area (Å²) in [7, 11) is 1.49. The van der Waals surface area contributed by atoms with E-state index in [9.17, 15) is 4.79 Å². The predicted octanol–water partition coefficient (Wildman–Crippen LogP) is 2.22. The lowest BCUT2D eigenvalue weighted by Gasteiger charge is -2.18. The van der Waals surface area contributed by atoms with E-state index in [1.54, 1.807) is 12.1 Å². The molecule has 0 amide bonds. The highest BCUT2D eigenvalue weighted by Crippen LogP contribution is 2.40. The number of methoxy groups -OCH3 is 1. The van der Waals surface area contributed by atoms with Crippen LogP contribution in [0.4, 0.5) is 0 Å². The van der Waals surface area contributed by atoms with E-state index in [-0.39, 0.29) is 10.6 Å². The summed E-state index contributed by atoms with van der Waals surface area (Å²) in [5.41, 5.74) is 5.92. The van der Waals surface area contributed by atoms with Gasteiger partial charge in [0.15, 0.2) is 11.5 Å². The van der Waals surface area contributed by atoms with Gasteiger partial charge in [-0.05, 0) is 30.9 Å². The van der Waals surface area contributed by atoms with Gasteiger partial charge in [-0.3, -0.25) is 4.79 Å². The van der Waals surface area contributed by atoms with Crippen LogP contribution in [0.3, 0.4) is 0 Å². The minimum absolute atomic E-state index is 0.258. The standard InChI is InChI=1S/C13H16ClNO4/c1-18-9-5-4-8(14)10(11(15)13(16)17)12(9)19-6-7-2-3-7/h4-5,7,11H,2-3,6,15H2,1H3,(H,16,17). The Kier molecular flexibility index (Phi) is 4.17. The van der Waals surface area contributed by atoms with E-state index in [4.69, 9.17) is 31.9 Å². The summed E-state index contributed by atoms with van der Waals surface area (Å²) in [5, 5.41) is 9.32. The number of aliphatic carboxylic acids is 1. The molecule has 3 N–H and O–H groups in total. The van der Waals surface area contributed by atoms with E-state index in [2.05, 4.69) is 0 Å². The minimum atomic E-state index is -1.24. The second-order valence-electron chi connectivity index (χ2n) is 4.56. The van der Waals surface area contributed by atoms with Crippen molar-refractivity contribution in [2.45, 2.75) is 18.9 Å². The zero-order valence-electron chi connectivity index (χ0n) is 10.6. The second-order valence-corrected chi connectivity index (χ2v) is 4.97. The molecule has 1 aromatic carbocycles. The van der Waals surface area contributed by atoms with Crippen molar-refractivity contribution in [3.63, 3.8) is 0 Å². The molecule has 19 heavy (non-hydrogen) atoms. The molecule has 0 radical (unpaired) electrons. The molecule has 1 aliphatic rings. The molecular weight excluding hydrogens is 270 g/mol. The maximum absolute atomic E-state index is 11.1. The summed E-state index contributed by atoms with van der Waals surface area (Å²) in [6, 6.07) is 1.96. The molecule has 0 aliphatic heterocycles. The molecule has 5 nitrogen and oxygen atoms in total. The molecular formula is C13H16ClNO4. The number of ether oxygens (including phenoxy) is 2.